The van der Waals surface area contributed by atoms with Gasteiger partial charge in [0.2, 0.25) is 0 Å². The van der Waals surface area contributed by atoms with Crippen LogP contribution in [0.5, 0.6) is 5.75 Å². The Morgan fingerprint density at radius 1 is 1.35 bits per heavy atom. The Kier molecular flexibility index (Phi) is 6.10. The normalized spacial score (nSPS) is 13.6. The molecule has 0 radical (unpaired) electrons. The van der Waals surface area contributed by atoms with Gasteiger partial charge in [0.1, 0.15) is 11.7 Å². The third-order valence-corrected chi connectivity index (χ3v) is 3.14. The third kappa shape index (κ3) is 4.61. The van der Waals surface area contributed by atoms with E-state index in [1.807, 2.05) is 19.9 Å². The zero-order valence-electron chi connectivity index (χ0n) is 11.5. The van der Waals surface area contributed by atoms with Gasteiger partial charge in [0, 0.05) is 6.42 Å². The van der Waals surface area contributed by atoms with E-state index >= 15 is 0 Å². The number of halogens is 2. The van der Waals surface area contributed by atoms with E-state index in [2.05, 4.69) is 4.74 Å². The van der Waals surface area contributed by atoms with E-state index in [4.69, 9.17) is 5.26 Å². The van der Waals surface area contributed by atoms with Crippen LogP contribution in [0, 0.1) is 17.2 Å². The van der Waals surface area contributed by atoms with Crippen LogP contribution >= 0.6 is 0 Å². The second-order valence-corrected chi connectivity index (χ2v) is 4.69. The summed E-state index contributed by atoms with van der Waals surface area (Å²) in [7, 11) is 0. The third-order valence-electron chi connectivity index (χ3n) is 3.14. The number of nitriles is 1. The molecule has 0 saturated carbocycles. The highest BCUT2D eigenvalue weighted by molar-refractivity contribution is 5.88. The van der Waals surface area contributed by atoms with Crippen molar-refractivity contribution in [1.29, 1.82) is 5.26 Å². The summed E-state index contributed by atoms with van der Waals surface area (Å²) in [6.45, 7) is 1.04. The van der Waals surface area contributed by atoms with Gasteiger partial charge >= 0.3 is 6.61 Å². The largest absolute Gasteiger partial charge is 0.435 e. The lowest BCUT2D eigenvalue weighted by molar-refractivity contribution is -0.120. The molecule has 0 heterocycles. The molecule has 5 heteroatoms. The van der Waals surface area contributed by atoms with Gasteiger partial charge in [0.15, 0.2) is 5.78 Å². The molecule has 3 nitrogen and oxygen atoms in total. The average Bonchev–Trinajstić information content (AvgIpc) is 2.40. The minimum absolute atomic E-state index is 0.00909. The van der Waals surface area contributed by atoms with Crippen LogP contribution in [0.3, 0.4) is 0 Å². The Hall–Kier alpha value is -1.96. The molecule has 1 rings (SSSR count). The van der Waals surface area contributed by atoms with Crippen molar-refractivity contribution in [3.05, 3.63) is 29.8 Å². The topological polar surface area (TPSA) is 50.1 Å². The fourth-order valence-corrected chi connectivity index (χ4v) is 1.78. The van der Waals surface area contributed by atoms with Crippen LogP contribution in [0.15, 0.2) is 24.3 Å². The van der Waals surface area contributed by atoms with Crippen molar-refractivity contribution in [2.24, 2.45) is 5.92 Å². The Balaban J connectivity index is 2.80. The summed E-state index contributed by atoms with van der Waals surface area (Å²) < 4.78 is 28.3. The zero-order valence-corrected chi connectivity index (χ0v) is 11.5. The molecule has 108 valence electrons. The molecule has 0 aromatic heterocycles. The second kappa shape index (κ2) is 7.59. The van der Waals surface area contributed by atoms with Gasteiger partial charge in [-0.3, -0.25) is 4.79 Å². The molecule has 0 bridgehead atoms. The summed E-state index contributed by atoms with van der Waals surface area (Å²) in [6.07, 6.45) is 1.20. The number of carbonyl (C=O) groups is 1. The predicted molar refractivity (Wildman–Crippen MR) is 70.5 cm³/mol. The van der Waals surface area contributed by atoms with Crippen molar-refractivity contribution in [2.45, 2.75) is 39.2 Å². The van der Waals surface area contributed by atoms with Gasteiger partial charge in [-0.05, 0) is 23.6 Å². The molecule has 2 unspecified atom stereocenters. The molecular formula is C15H17F2NO2. The number of benzene rings is 1. The zero-order chi connectivity index (χ0) is 15.1. The van der Waals surface area contributed by atoms with Crippen molar-refractivity contribution in [2.75, 3.05) is 0 Å². The first kappa shape index (κ1) is 16.1. The number of hydrogen-bond acceptors (Lipinski definition) is 3. The van der Waals surface area contributed by atoms with Crippen LogP contribution in [-0.4, -0.2) is 12.4 Å². The second-order valence-electron chi connectivity index (χ2n) is 4.69. The van der Waals surface area contributed by atoms with E-state index in [9.17, 15) is 13.6 Å². The molecule has 0 N–H and O–H groups in total. The highest BCUT2D eigenvalue weighted by atomic mass is 19.3. The fourth-order valence-electron chi connectivity index (χ4n) is 1.78. The molecule has 0 fully saturated rings. The Labute approximate surface area is 117 Å². The number of alkyl halides is 2. The van der Waals surface area contributed by atoms with Gasteiger partial charge in [-0.15, -0.1) is 0 Å². The Morgan fingerprint density at radius 2 is 1.95 bits per heavy atom. The molecule has 1 aromatic carbocycles. The van der Waals surface area contributed by atoms with E-state index in [0.29, 0.717) is 12.0 Å². The maximum Gasteiger partial charge on any atom is 0.387 e. The van der Waals surface area contributed by atoms with Crippen LogP contribution in [0.25, 0.3) is 0 Å². The highest BCUT2D eigenvalue weighted by Gasteiger charge is 2.21. The molecule has 0 saturated heterocycles. The molecule has 20 heavy (non-hydrogen) atoms. The number of Topliss-reactive ketones (excluding diaryl/α,β-unsaturated/α-hetero) is 1. The smallest absolute Gasteiger partial charge is 0.387 e. The van der Waals surface area contributed by atoms with E-state index in [0.717, 1.165) is 6.42 Å². The Bertz CT molecular complexity index is 480. The molecule has 2 atom stereocenters. The summed E-state index contributed by atoms with van der Waals surface area (Å²) in [5.41, 5.74) is 0.502. The first-order chi connectivity index (χ1) is 9.47. The lowest BCUT2D eigenvalue weighted by atomic mass is 9.90. The van der Waals surface area contributed by atoms with E-state index < -0.39 is 12.5 Å². The summed E-state index contributed by atoms with van der Waals surface area (Å²) in [5, 5.41) is 9.13. The standard InChI is InChI=1S/C15H17F2NO2/c1-3-10(2)8-14(19)13(9-18)11-4-6-12(7-5-11)20-15(16)17/h4-7,10,13,15H,3,8H2,1-2H3. The maximum absolute atomic E-state index is 12.0. The summed E-state index contributed by atoms with van der Waals surface area (Å²) in [6, 6.07) is 7.59. The molecule has 0 aliphatic heterocycles. The van der Waals surface area contributed by atoms with Crippen molar-refractivity contribution < 1.29 is 18.3 Å². The minimum Gasteiger partial charge on any atom is -0.435 e. The summed E-state index contributed by atoms with van der Waals surface area (Å²) >= 11 is 0. The van der Waals surface area contributed by atoms with Crippen molar-refractivity contribution >= 4 is 5.78 Å². The van der Waals surface area contributed by atoms with Gasteiger partial charge in [0.05, 0.1) is 6.07 Å². The predicted octanol–water partition coefficient (Wildman–Crippen LogP) is 3.90. The van der Waals surface area contributed by atoms with Crippen LogP contribution < -0.4 is 4.74 Å². The van der Waals surface area contributed by atoms with Crippen LogP contribution in [0.2, 0.25) is 0 Å². The van der Waals surface area contributed by atoms with Gasteiger partial charge in [-0.25, -0.2) is 0 Å². The van der Waals surface area contributed by atoms with Crippen molar-refractivity contribution in [3.8, 4) is 11.8 Å². The Morgan fingerprint density at radius 3 is 2.40 bits per heavy atom. The van der Waals surface area contributed by atoms with Gasteiger partial charge < -0.3 is 4.74 Å². The van der Waals surface area contributed by atoms with Crippen LogP contribution in [0.4, 0.5) is 8.78 Å². The summed E-state index contributed by atoms with van der Waals surface area (Å²) in [5.74, 6) is -0.774. The molecule has 0 amide bonds. The van der Waals surface area contributed by atoms with Crippen LogP contribution in [0.1, 0.15) is 38.2 Å². The number of nitrogens with zero attached hydrogens (tertiary/aromatic N) is 1. The number of hydrogen-bond donors (Lipinski definition) is 0. The lowest BCUT2D eigenvalue weighted by Gasteiger charge is -2.12. The van der Waals surface area contributed by atoms with Crippen LogP contribution in [-0.2, 0) is 4.79 Å². The SMILES string of the molecule is CCC(C)CC(=O)C(C#N)c1ccc(OC(F)F)cc1. The highest BCUT2D eigenvalue weighted by Crippen LogP contribution is 2.23. The minimum atomic E-state index is -2.89. The first-order valence-electron chi connectivity index (χ1n) is 6.45. The summed E-state index contributed by atoms with van der Waals surface area (Å²) in [4.78, 5) is 12.0. The fraction of sp³-hybridized carbons (Fsp3) is 0.467. The molecule has 1 aromatic rings. The molecule has 0 aliphatic rings. The van der Waals surface area contributed by atoms with Gasteiger partial charge in [0.25, 0.3) is 0 Å². The van der Waals surface area contributed by atoms with E-state index in [-0.39, 0.29) is 17.5 Å². The monoisotopic (exact) mass is 281 g/mol. The van der Waals surface area contributed by atoms with Gasteiger partial charge in [-0.2, -0.15) is 14.0 Å². The van der Waals surface area contributed by atoms with Gasteiger partial charge in [-0.1, -0.05) is 32.4 Å². The number of rotatable bonds is 7. The quantitative estimate of drug-likeness (QED) is 0.761. The van der Waals surface area contributed by atoms with E-state index in [1.165, 1.54) is 24.3 Å². The number of ketones is 1. The number of carbonyl (C=O) groups excluding carboxylic acids is 1. The maximum atomic E-state index is 12.0. The molecule has 0 aliphatic carbocycles. The van der Waals surface area contributed by atoms with Crippen molar-refractivity contribution in [3.63, 3.8) is 0 Å². The lowest BCUT2D eigenvalue weighted by Crippen LogP contribution is -2.14. The van der Waals surface area contributed by atoms with Crippen molar-refractivity contribution in [1.82, 2.24) is 0 Å². The average molecular weight is 281 g/mol. The molecule has 0 spiro atoms. The number of ether oxygens (including phenoxy) is 1. The first-order valence-corrected chi connectivity index (χ1v) is 6.45. The van der Waals surface area contributed by atoms with E-state index in [1.54, 1.807) is 0 Å². The molecular weight excluding hydrogens is 264 g/mol.